The lowest BCUT2D eigenvalue weighted by atomic mass is 10.3. The van der Waals surface area contributed by atoms with Crippen LogP contribution in [0.2, 0.25) is 0 Å². The van der Waals surface area contributed by atoms with Crippen molar-refractivity contribution in [3.05, 3.63) is 30.1 Å². The Morgan fingerprint density at radius 3 is 2.82 bits per heavy atom. The molecule has 0 spiro atoms. The summed E-state index contributed by atoms with van der Waals surface area (Å²) in [5.41, 5.74) is 1.72. The summed E-state index contributed by atoms with van der Waals surface area (Å²) in [6.07, 6.45) is 0. The molecule has 1 fully saturated rings. The van der Waals surface area contributed by atoms with Gasteiger partial charge in [-0.2, -0.15) is 0 Å². The Kier molecular flexibility index (Phi) is 2.53. The molecule has 1 aliphatic rings. The van der Waals surface area contributed by atoms with E-state index < -0.39 is 0 Å². The third-order valence-electron chi connectivity index (χ3n) is 2.89. The van der Waals surface area contributed by atoms with E-state index in [1.165, 1.54) is 0 Å². The Bertz CT molecular complexity index is 510. The quantitative estimate of drug-likeness (QED) is 0.797. The molecule has 88 valence electrons. The van der Waals surface area contributed by atoms with E-state index in [0.29, 0.717) is 32.1 Å². The monoisotopic (exact) mass is 231 g/mol. The largest absolute Gasteiger partial charge is 0.378 e. The zero-order chi connectivity index (χ0) is 11.7. The number of nitrogens with one attached hydrogen (secondary N) is 1. The molecule has 0 bridgehead atoms. The molecule has 2 heterocycles. The van der Waals surface area contributed by atoms with Crippen LogP contribution in [0.3, 0.4) is 0 Å². The van der Waals surface area contributed by atoms with E-state index in [-0.39, 0.29) is 5.91 Å². The minimum Gasteiger partial charge on any atom is -0.378 e. The van der Waals surface area contributed by atoms with E-state index in [9.17, 15) is 4.79 Å². The topological polar surface area (TPSA) is 58.2 Å². The smallest absolute Gasteiger partial charge is 0.289 e. The molecule has 0 aliphatic carbocycles. The highest BCUT2D eigenvalue weighted by atomic mass is 16.5. The Morgan fingerprint density at radius 2 is 2.06 bits per heavy atom. The van der Waals surface area contributed by atoms with Gasteiger partial charge >= 0.3 is 0 Å². The molecule has 1 saturated heterocycles. The highest BCUT2D eigenvalue weighted by molar-refractivity contribution is 5.94. The number of hydrogen-bond donors (Lipinski definition) is 1. The van der Waals surface area contributed by atoms with Crippen LogP contribution in [0.5, 0.6) is 0 Å². The van der Waals surface area contributed by atoms with Crippen molar-refractivity contribution >= 4 is 16.9 Å². The molecule has 5 nitrogen and oxygen atoms in total. The molecular weight excluding hydrogens is 218 g/mol. The summed E-state index contributed by atoms with van der Waals surface area (Å²) in [5.74, 6) is 0.359. The Balaban J connectivity index is 1.89. The number of para-hydroxylation sites is 2. The number of benzene rings is 1. The summed E-state index contributed by atoms with van der Waals surface area (Å²) in [6.45, 7) is 2.48. The van der Waals surface area contributed by atoms with Crippen molar-refractivity contribution in [1.82, 2.24) is 14.9 Å². The van der Waals surface area contributed by atoms with Gasteiger partial charge in [-0.3, -0.25) is 4.79 Å². The Hall–Kier alpha value is -1.88. The Labute approximate surface area is 98.4 Å². The first kappa shape index (κ1) is 10.3. The first-order valence-corrected chi connectivity index (χ1v) is 5.66. The van der Waals surface area contributed by atoms with Crippen LogP contribution in [-0.2, 0) is 4.74 Å². The molecule has 0 radical (unpaired) electrons. The molecule has 1 aromatic carbocycles. The molecule has 17 heavy (non-hydrogen) atoms. The van der Waals surface area contributed by atoms with E-state index in [1.54, 1.807) is 4.90 Å². The molecule has 0 atom stereocenters. The number of amides is 1. The van der Waals surface area contributed by atoms with Gasteiger partial charge in [-0.05, 0) is 12.1 Å². The number of carbonyl (C=O) groups is 1. The normalized spacial score (nSPS) is 16.4. The number of morpholine rings is 1. The van der Waals surface area contributed by atoms with Gasteiger partial charge in [-0.15, -0.1) is 0 Å². The van der Waals surface area contributed by atoms with Crippen molar-refractivity contribution in [3.63, 3.8) is 0 Å². The van der Waals surface area contributed by atoms with E-state index >= 15 is 0 Å². The van der Waals surface area contributed by atoms with Crippen LogP contribution in [0.15, 0.2) is 24.3 Å². The first-order chi connectivity index (χ1) is 8.34. The van der Waals surface area contributed by atoms with Crippen molar-refractivity contribution in [2.45, 2.75) is 0 Å². The molecule has 1 aromatic heterocycles. The van der Waals surface area contributed by atoms with E-state index in [1.807, 2.05) is 24.3 Å². The van der Waals surface area contributed by atoms with Crippen LogP contribution in [0, 0.1) is 0 Å². The highest BCUT2D eigenvalue weighted by Crippen LogP contribution is 2.12. The van der Waals surface area contributed by atoms with E-state index in [4.69, 9.17) is 4.74 Å². The van der Waals surface area contributed by atoms with E-state index in [2.05, 4.69) is 9.97 Å². The second-order valence-corrected chi connectivity index (χ2v) is 4.01. The number of aromatic nitrogens is 2. The summed E-state index contributed by atoms with van der Waals surface area (Å²) < 4.78 is 5.22. The van der Waals surface area contributed by atoms with Crippen LogP contribution in [0.1, 0.15) is 10.6 Å². The lowest BCUT2D eigenvalue weighted by molar-refractivity contribution is 0.0296. The molecule has 3 rings (SSSR count). The maximum atomic E-state index is 12.1. The average molecular weight is 231 g/mol. The minimum atomic E-state index is -0.0514. The number of ether oxygens (including phenoxy) is 1. The SMILES string of the molecule is O=C(c1nc2ccccc2[nH]1)N1CCOCC1. The van der Waals surface area contributed by atoms with Gasteiger partial charge in [-0.25, -0.2) is 4.98 Å². The number of aromatic amines is 1. The summed E-state index contributed by atoms with van der Waals surface area (Å²) >= 11 is 0. The fraction of sp³-hybridized carbons (Fsp3) is 0.333. The number of hydrogen-bond acceptors (Lipinski definition) is 3. The van der Waals surface area contributed by atoms with Gasteiger partial charge < -0.3 is 14.6 Å². The zero-order valence-electron chi connectivity index (χ0n) is 9.35. The fourth-order valence-corrected chi connectivity index (χ4v) is 1.97. The van der Waals surface area contributed by atoms with Gasteiger partial charge in [0.1, 0.15) is 0 Å². The fourth-order valence-electron chi connectivity index (χ4n) is 1.97. The summed E-state index contributed by atoms with van der Waals surface area (Å²) in [5, 5.41) is 0. The predicted octanol–water partition coefficient (Wildman–Crippen LogP) is 1.04. The van der Waals surface area contributed by atoms with Crippen LogP contribution in [-0.4, -0.2) is 47.1 Å². The van der Waals surface area contributed by atoms with Crippen molar-refractivity contribution < 1.29 is 9.53 Å². The zero-order valence-corrected chi connectivity index (χ0v) is 9.35. The van der Waals surface area contributed by atoms with Gasteiger partial charge in [0.15, 0.2) is 5.82 Å². The first-order valence-electron chi connectivity index (χ1n) is 5.66. The van der Waals surface area contributed by atoms with Gasteiger partial charge in [0.2, 0.25) is 0 Å². The molecular formula is C12H13N3O2. The van der Waals surface area contributed by atoms with Gasteiger partial charge in [0.25, 0.3) is 5.91 Å². The maximum absolute atomic E-state index is 12.1. The minimum absolute atomic E-state index is 0.0514. The summed E-state index contributed by atoms with van der Waals surface area (Å²) in [6, 6.07) is 7.63. The van der Waals surface area contributed by atoms with Crippen molar-refractivity contribution in [2.24, 2.45) is 0 Å². The van der Waals surface area contributed by atoms with Crippen LogP contribution in [0.4, 0.5) is 0 Å². The molecule has 0 saturated carbocycles. The number of fused-ring (bicyclic) bond motifs is 1. The molecule has 1 aliphatic heterocycles. The highest BCUT2D eigenvalue weighted by Gasteiger charge is 2.21. The second kappa shape index (κ2) is 4.18. The lowest BCUT2D eigenvalue weighted by Gasteiger charge is -2.25. The summed E-state index contributed by atoms with van der Waals surface area (Å²) in [4.78, 5) is 21.3. The second-order valence-electron chi connectivity index (χ2n) is 4.01. The third-order valence-corrected chi connectivity index (χ3v) is 2.89. The van der Waals surface area contributed by atoms with E-state index in [0.717, 1.165) is 11.0 Å². The lowest BCUT2D eigenvalue weighted by Crippen LogP contribution is -2.41. The molecule has 2 aromatic rings. The number of rotatable bonds is 1. The van der Waals surface area contributed by atoms with Crippen LogP contribution < -0.4 is 0 Å². The van der Waals surface area contributed by atoms with Crippen LogP contribution in [0.25, 0.3) is 11.0 Å². The van der Waals surface area contributed by atoms with Gasteiger partial charge in [0.05, 0.1) is 24.2 Å². The molecule has 5 heteroatoms. The van der Waals surface area contributed by atoms with Gasteiger partial charge in [0, 0.05) is 13.1 Å². The number of nitrogens with zero attached hydrogens (tertiary/aromatic N) is 2. The predicted molar refractivity (Wildman–Crippen MR) is 62.8 cm³/mol. The number of H-pyrrole nitrogens is 1. The summed E-state index contributed by atoms with van der Waals surface area (Å²) in [7, 11) is 0. The number of carbonyl (C=O) groups excluding carboxylic acids is 1. The van der Waals surface area contributed by atoms with Gasteiger partial charge in [-0.1, -0.05) is 12.1 Å². The third kappa shape index (κ3) is 1.89. The maximum Gasteiger partial charge on any atom is 0.289 e. The Morgan fingerprint density at radius 1 is 1.29 bits per heavy atom. The van der Waals surface area contributed by atoms with Crippen molar-refractivity contribution in [1.29, 1.82) is 0 Å². The molecule has 0 unspecified atom stereocenters. The molecule has 1 amide bonds. The average Bonchev–Trinajstić information content (AvgIpc) is 2.82. The molecule has 1 N–H and O–H groups in total. The standard InChI is InChI=1S/C12H13N3O2/c16-12(15-5-7-17-8-6-15)11-13-9-3-1-2-4-10(9)14-11/h1-4H,5-8H2,(H,13,14). The number of imidazole rings is 1. The van der Waals surface area contributed by atoms with Crippen molar-refractivity contribution in [2.75, 3.05) is 26.3 Å². The van der Waals surface area contributed by atoms with Crippen molar-refractivity contribution in [3.8, 4) is 0 Å². The van der Waals surface area contributed by atoms with Crippen LogP contribution >= 0.6 is 0 Å².